The van der Waals surface area contributed by atoms with E-state index in [0.717, 1.165) is 18.7 Å². The largest absolute Gasteiger partial charge is 0.382 e. The minimum Gasteiger partial charge on any atom is -0.382 e. The molecule has 1 unspecified atom stereocenters. The highest BCUT2D eigenvalue weighted by atomic mass is 16.3. The second-order valence-corrected chi connectivity index (χ2v) is 4.94. The summed E-state index contributed by atoms with van der Waals surface area (Å²) in [5.41, 5.74) is 5.80. The van der Waals surface area contributed by atoms with Gasteiger partial charge in [-0.2, -0.15) is 0 Å². The Balaban J connectivity index is 2.08. The van der Waals surface area contributed by atoms with Crippen molar-refractivity contribution in [2.24, 2.45) is 5.73 Å². The monoisotopic (exact) mass is 234 g/mol. The lowest BCUT2D eigenvalue weighted by Crippen LogP contribution is -2.47. The van der Waals surface area contributed by atoms with E-state index in [0.29, 0.717) is 6.54 Å². The van der Waals surface area contributed by atoms with Gasteiger partial charge >= 0.3 is 0 Å². The number of nitrogens with zero attached hydrogens (tertiary/aromatic N) is 1. The van der Waals surface area contributed by atoms with Crippen LogP contribution in [0.5, 0.6) is 0 Å². The quantitative estimate of drug-likeness (QED) is 0.826. The molecule has 2 rings (SSSR count). The SMILES string of the molecule is NCC(O)(CN1CCCCC1)c1ccccc1. The predicted molar refractivity (Wildman–Crippen MR) is 69.7 cm³/mol. The molecule has 0 aliphatic carbocycles. The fourth-order valence-electron chi connectivity index (χ4n) is 2.51. The van der Waals surface area contributed by atoms with Gasteiger partial charge in [-0.1, -0.05) is 36.8 Å². The maximum absolute atomic E-state index is 10.7. The Morgan fingerprint density at radius 3 is 2.35 bits per heavy atom. The molecule has 1 fully saturated rings. The van der Waals surface area contributed by atoms with Gasteiger partial charge in [0.1, 0.15) is 5.60 Å². The summed E-state index contributed by atoms with van der Waals surface area (Å²) >= 11 is 0. The normalized spacial score (nSPS) is 21.1. The molecule has 1 aliphatic rings. The molecule has 3 nitrogen and oxygen atoms in total. The van der Waals surface area contributed by atoms with E-state index >= 15 is 0 Å². The summed E-state index contributed by atoms with van der Waals surface area (Å²) in [5, 5.41) is 10.7. The first-order valence-electron chi connectivity index (χ1n) is 6.45. The van der Waals surface area contributed by atoms with E-state index in [-0.39, 0.29) is 6.54 Å². The van der Waals surface area contributed by atoms with E-state index in [9.17, 15) is 5.11 Å². The highest BCUT2D eigenvalue weighted by Crippen LogP contribution is 2.22. The molecule has 1 atom stereocenters. The van der Waals surface area contributed by atoms with Crippen LogP contribution in [0, 0.1) is 0 Å². The van der Waals surface area contributed by atoms with Gasteiger partial charge in [-0.05, 0) is 31.5 Å². The molecular weight excluding hydrogens is 212 g/mol. The summed E-state index contributed by atoms with van der Waals surface area (Å²) in [6.45, 7) is 3.07. The number of aliphatic hydroxyl groups is 1. The molecule has 3 heteroatoms. The first-order valence-corrected chi connectivity index (χ1v) is 6.45. The Hall–Kier alpha value is -0.900. The van der Waals surface area contributed by atoms with Crippen LogP contribution in [0.3, 0.4) is 0 Å². The van der Waals surface area contributed by atoms with Crippen molar-refractivity contribution in [1.82, 2.24) is 4.90 Å². The Labute approximate surface area is 103 Å². The van der Waals surface area contributed by atoms with Crippen LogP contribution in [0.1, 0.15) is 24.8 Å². The third-order valence-corrected chi connectivity index (χ3v) is 3.58. The molecule has 0 saturated carbocycles. The van der Waals surface area contributed by atoms with E-state index in [1.807, 2.05) is 30.3 Å². The zero-order valence-corrected chi connectivity index (χ0v) is 10.3. The van der Waals surface area contributed by atoms with Crippen LogP contribution < -0.4 is 5.73 Å². The maximum Gasteiger partial charge on any atom is 0.114 e. The first kappa shape index (κ1) is 12.6. The van der Waals surface area contributed by atoms with Gasteiger partial charge < -0.3 is 15.7 Å². The molecule has 1 saturated heterocycles. The highest BCUT2D eigenvalue weighted by molar-refractivity contribution is 5.23. The minimum atomic E-state index is -0.904. The lowest BCUT2D eigenvalue weighted by atomic mass is 9.92. The second kappa shape index (κ2) is 5.63. The van der Waals surface area contributed by atoms with E-state index in [1.165, 1.54) is 19.3 Å². The molecule has 17 heavy (non-hydrogen) atoms. The molecule has 1 aromatic rings. The number of nitrogens with two attached hydrogens (primary N) is 1. The molecule has 3 N–H and O–H groups in total. The Kier molecular flexibility index (Phi) is 4.15. The van der Waals surface area contributed by atoms with Crippen LogP contribution in [-0.2, 0) is 5.60 Å². The summed E-state index contributed by atoms with van der Waals surface area (Å²) in [6.07, 6.45) is 3.77. The standard InChI is InChI=1S/C14H22N2O/c15-11-14(17,13-7-3-1-4-8-13)12-16-9-5-2-6-10-16/h1,3-4,7-8,17H,2,5-6,9-12,15H2. The van der Waals surface area contributed by atoms with Crippen molar-refractivity contribution >= 4 is 0 Å². The van der Waals surface area contributed by atoms with Crippen molar-refractivity contribution in [2.75, 3.05) is 26.2 Å². The summed E-state index contributed by atoms with van der Waals surface area (Å²) in [4.78, 5) is 2.32. The number of hydrogen-bond acceptors (Lipinski definition) is 3. The molecule has 94 valence electrons. The van der Waals surface area contributed by atoms with E-state index < -0.39 is 5.60 Å². The maximum atomic E-state index is 10.7. The zero-order valence-electron chi connectivity index (χ0n) is 10.3. The van der Waals surface area contributed by atoms with Crippen molar-refractivity contribution in [3.05, 3.63) is 35.9 Å². The van der Waals surface area contributed by atoms with Crippen LogP contribution in [0.2, 0.25) is 0 Å². The number of rotatable bonds is 4. The molecule has 1 aromatic carbocycles. The zero-order chi connectivity index (χ0) is 12.1. The van der Waals surface area contributed by atoms with Gasteiger partial charge in [0.15, 0.2) is 0 Å². The van der Waals surface area contributed by atoms with Crippen LogP contribution >= 0.6 is 0 Å². The van der Waals surface area contributed by atoms with Crippen molar-refractivity contribution in [2.45, 2.75) is 24.9 Å². The molecule has 1 heterocycles. The lowest BCUT2D eigenvalue weighted by Gasteiger charge is -2.35. The Morgan fingerprint density at radius 1 is 1.12 bits per heavy atom. The lowest BCUT2D eigenvalue weighted by molar-refractivity contribution is 0.00188. The molecule has 0 amide bonds. The smallest absolute Gasteiger partial charge is 0.114 e. The highest BCUT2D eigenvalue weighted by Gasteiger charge is 2.30. The van der Waals surface area contributed by atoms with E-state index in [2.05, 4.69) is 4.90 Å². The number of piperidine rings is 1. The third-order valence-electron chi connectivity index (χ3n) is 3.58. The van der Waals surface area contributed by atoms with Crippen molar-refractivity contribution in [3.63, 3.8) is 0 Å². The Bertz CT molecular complexity index is 335. The summed E-state index contributed by atoms with van der Waals surface area (Å²) in [7, 11) is 0. The number of benzene rings is 1. The van der Waals surface area contributed by atoms with Gasteiger partial charge in [0.25, 0.3) is 0 Å². The van der Waals surface area contributed by atoms with Crippen LogP contribution in [0.25, 0.3) is 0 Å². The fraction of sp³-hybridized carbons (Fsp3) is 0.571. The molecule has 0 radical (unpaired) electrons. The third kappa shape index (κ3) is 3.06. The summed E-state index contributed by atoms with van der Waals surface area (Å²) in [6, 6.07) is 9.77. The van der Waals surface area contributed by atoms with Gasteiger partial charge in [0, 0.05) is 13.1 Å². The molecule has 0 aromatic heterocycles. The molecule has 1 aliphatic heterocycles. The van der Waals surface area contributed by atoms with E-state index in [4.69, 9.17) is 5.73 Å². The minimum absolute atomic E-state index is 0.271. The number of β-amino-alcohol motifs (C(OH)–C–C–N with tert-alkyl or cyclic N) is 1. The van der Waals surface area contributed by atoms with Crippen LogP contribution in [0.4, 0.5) is 0 Å². The summed E-state index contributed by atoms with van der Waals surface area (Å²) < 4.78 is 0. The molecular formula is C14H22N2O. The van der Waals surface area contributed by atoms with Gasteiger partial charge in [0.05, 0.1) is 0 Å². The predicted octanol–water partition coefficient (Wildman–Crippen LogP) is 1.32. The summed E-state index contributed by atoms with van der Waals surface area (Å²) in [5.74, 6) is 0. The average Bonchev–Trinajstić information content (AvgIpc) is 2.41. The van der Waals surface area contributed by atoms with Gasteiger partial charge in [-0.15, -0.1) is 0 Å². The van der Waals surface area contributed by atoms with Crippen LogP contribution in [-0.4, -0.2) is 36.2 Å². The van der Waals surface area contributed by atoms with Crippen LogP contribution in [0.15, 0.2) is 30.3 Å². The number of likely N-dealkylation sites (tertiary alicyclic amines) is 1. The fourth-order valence-corrected chi connectivity index (χ4v) is 2.51. The van der Waals surface area contributed by atoms with E-state index in [1.54, 1.807) is 0 Å². The van der Waals surface area contributed by atoms with Crippen molar-refractivity contribution in [3.8, 4) is 0 Å². The number of hydrogen-bond donors (Lipinski definition) is 2. The van der Waals surface area contributed by atoms with Gasteiger partial charge in [-0.25, -0.2) is 0 Å². The first-order chi connectivity index (χ1) is 8.24. The van der Waals surface area contributed by atoms with Gasteiger partial charge in [-0.3, -0.25) is 0 Å². The molecule has 0 bridgehead atoms. The van der Waals surface area contributed by atoms with Crippen molar-refractivity contribution < 1.29 is 5.11 Å². The van der Waals surface area contributed by atoms with Gasteiger partial charge in [0.2, 0.25) is 0 Å². The molecule has 0 spiro atoms. The topological polar surface area (TPSA) is 49.5 Å². The Morgan fingerprint density at radius 2 is 1.76 bits per heavy atom. The second-order valence-electron chi connectivity index (χ2n) is 4.94. The van der Waals surface area contributed by atoms with Crippen molar-refractivity contribution in [1.29, 1.82) is 0 Å². The average molecular weight is 234 g/mol.